The Labute approximate surface area is 74.3 Å². The lowest BCUT2D eigenvalue weighted by molar-refractivity contribution is -0.116. The summed E-state index contributed by atoms with van der Waals surface area (Å²) in [4.78, 5) is 21.4. The summed E-state index contributed by atoms with van der Waals surface area (Å²) in [6.07, 6.45) is -0.00102. The number of aromatic carboxylic acids is 1. The van der Waals surface area contributed by atoms with Crippen molar-refractivity contribution in [3.8, 4) is 0 Å². The molecule has 0 amide bonds. The van der Waals surface area contributed by atoms with Crippen LogP contribution < -0.4 is 0 Å². The minimum Gasteiger partial charge on any atom is -0.477 e. The first-order valence-corrected chi connectivity index (χ1v) is 3.70. The van der Waals surface area contributed by atoms with Crippen molar-refractivity contribution in [1.82, 2.24) is 5.16 Å². The van der Waals surface area contributed by atoms with E-state index in [0.717, 1.165) is 0 Å². The number of Topliss-reactive ketones (excluding diaryl/α,β-unsaturated/α-hetero) is 1. The van der Waals surface area contributed by atoms with Gasteiger partial charge >= 0.3 is 5.97 Å². The molecule has 1 rings (SSSR count). The minimum absolute atomic E-state index is 0.00102. The molecule has 0 saturated heterocycles. The van der Waals surface area contributed by atoms with Crippen molar-refractivity contribution in [1.29, 1.82) is 0 Å². The van der Waals surface area contributed by atoms with E-state index in [4.69, 9.17) is 5.11 Å². The molecule has 0 aliphatic carbocycles. The minimum atomic E-state index is -1.12. The number of hydrogen-bond acceptors (Lipinski definition) is 4. The smallest absolute Gasteiger partial charge is 0.341 e. The Bertz CT molecular complexity index is 353. The van der Waals surface area contributed by atoms with Gasteiger partial charge in [-0.2, -0.15) is 0 Å². The van der Waals surface area contributed by atoms with Gasteiger partial charge in [0, 0.05) is 0 Å². The van der Waals surface area contributed by atoms with Crippen LogP contribution in [0.5, 0.6) is 0 Å². The van der Waals surface area contributed by atoms with E-state index in [1.807, 2.05) is 0 Å². The number of ketones is 1. The number of aryl methyl sites for hydroxylation is 1. The summed E-state index contributed by atoms with van der Waals surface area (Å²) < 4.78 is 4.67. The number of carbonyl (C=O) groups is 2. The number of aromatic nitrogens is 1. The standard InChI is InChI=1S/C8H9NO4/c1-4(10)3-6-7(8(11)12)5(2)13-9-6/h3H2,1-2H3,(H,11,12). The van der Waals surface area contributed by atoms with E-state index in [1.165, 1.54) is 13.8 Å². The fraction of sp³-hybridized carbons (Fsp3) is 0.375. The first kappa shape index (κ1) is 9.44. The average molecular weight is 183 g/mol. The highest BCUT2D eigenvalue weighted by atomic mass is 16.5. The first-order chi connectivity index (χ1) is 6.02. The van der Waals surface area contributed by atoms with Gasteiger partial charge in [-0.3, -0.25) is 4.79 Å². The van der Waals surface area contributed by atoms with E-state index in [9.17, 15) is 9.59 Å². The van der Waals surface area contributed by atoms with Crippen molar-refractivity contribution < 1.29 is 19.2 Å². The molecule has 0 atom stereocenters. The van der Waals surface area contributed by atoms with E-state index in [0.29, 0.717) is 0 Å². The SMILES string of the molecule is CC(=O)Cc1noc(C)c1C(=O)O. The summed E-state index contributed by atoms with van der Waals surface area (Å²) in [6.45, 7) is 2.87. The third-order valence-electron chi connectivity index (χ3n) is 1.56. The highest BCUT2D eigenvalue weighted by Crippen LogP contribution is 2.13. The molecule has 0 bridgehead atoms. The molecule has 0 saturated carbocycles. The first-order valence-electron chi connectivity index (χ1n) is 3.70. The van der Waals surface area contributed by atoms with Gasteiger partial charge in [0.15, 0.2) is 0 Å². The number of hydrogen-bond donors (Lipinski definition) is 1. The highest BCUT2D eigenvalue weighted by Gasteiger charge is 2.19. The monoisotopic (exact) mass is 183 g/mol. The van der Waals surface area contributed by atoms with Crippen LogP contribution in [-0.4, -0.2) is 22.0 Å². The molecule has 0 spiro atoms. The van der Waals surface area contributed by atoms with E-state index in [1.54, 1.807) is 0 Å². The number of nitrogens with zero attached hydrogens (tertiary/aromatic N) is 1. The zero-order valence-corrected chi connectivity index (χ0v) is 7.33. The van der Waals surface area contributed by atoms with Crippen LogP contribution >= 0.6 is 0 Å². The molecule has 0 fully saturated rings. The lowest BCUT2D eigenvalue weighted by Crippen LogP contribution is -2.05. The molecule has 70 valence electrons. The topological polar surface area (TPSA) is 80.4 Å². The summed E-state index contributed by atoms with van der Waals surface area (Å²) in [5.41, 5.74) is 0.188. The van der Waals surface area contributed by atoms with Crippen LogP contribution in [0, 0.1) is 6.92 Å². The van der Waals surface area contributed by atoms with Gasteiger partial charge in [0.25, 0.3) is 0 Å². The van der Waals surface area contributed by atoms with Gasteiger partial charge in [-0.05, 0) is 13.8 Å². The molecule has 1 N–H and O–H groups in total. The summed E-state index contributed by atoms with van der Waals surface area (Å²) in [7, 11) is 0. The van der Waals surface area contributed by atoms with Crippen LogP contribution in [-0.2, 0) is 11.2 Å². The van der Waals surface area contributed by atoms with Crippen LogP contribution in [0.15, 0.2) is 4.52 Å². The second-order valence-corrected chi connectivity index (χ2v) is 2.74. The highest BCUT2D eigenvalue weighted by molar-refractivity contribution is 5.91. The molecular formula is C8H9NO4. The van der Waals surface area contributed by atoms with Crippen LogP contribution in [0.1, 0.15) is 28.7 Å². The molecule has 0 radical (unpaired) electrons. The summed E-state index contributed by atoms with van der Waals surface area (Å²) in [5.74, 6) is -1.03. The third kappa shape index (κ3) is 1.93. The largest absolute Gasteiger partial charge is 0.477 e. The van der Waals surface area contributed by atoms with Crippen LogP contribution in [0.3, 0.4) is 0 Å². The predicted octanol–water partition coefficient (Wildman–Crippen LogP) is 0.813. The molecule has 1 aromatic rings. The Morgan fingerprint density at radius 3 is 2.62 bits per heavy atom. The van der Waals surface area contributed by atoms with E-state index in [2.05, 4.69) is 9.68 Å². The van der Waals surface area contributed by atoms with Gasteiger partial charge in [-0.15, -0.1) is 0 Å². The second-order valence-electron chi connectivity index (χ2n) is 2.74. The molecule has 0 aliphatic heterocycles. The Morgan fingerprint density at radius 1 is 1.54 bits per heavy atom. The molecule has 0 aromatic carbocycles. The Hall–Kier alpha value is -1.65. The zero-order chi connectivity index (χ0) is 10.0. The molecule has 1 heterocycles. The molecule has 5 heteroatoms. The summed E-state index contributed by atoms with van der Waals surface area (Å²) in [6, 6.07) is 0. The number of carboxylic acid groups (broad SMARTS) is 1. The van der Waals surface area contributed by atoms with Gasteiger partial charge in [-0.1, -0.05) is 5.16 Å². The molecule has 13 heavy (non-hydrogen) atoms. The fourth-order valence-electron chi connectivity index (χ4n) is 1.05. The predicted molar refractivity (Wildman–Crippen MR) is 42.6 cm³/mol. The fourth-order valence-corrected chi connectivity index (χ4v) is 1.05. The maximum atomic E-state index is 10.7. The molecule has 1 aromatic heterocycles. The van der Waals surface area contributed by atoms with Gasteiger partial charge in [0.1, 0.15) is 22.8 Å². The maximum Gasteiger partial charge on any atom is 0.341 e. The Morgan fingerprint density at radius 2 is 2.15 bits per heavy atom. The molecule has 5 nitrogen and oxygen atoms in total. The van der Waals surface area contributed by atoms with Gasteiger partial charge < -0.3 is 9.63 Å². The molecule has 0 unspecified atom stereocenters. The average Bonchev–Trinajstić information content (AvgIpc) is 2.30. The van der Waals surface area contributed by atoms with Gasteiger partial charge in [0.2, 0.25) is 0 Å². The molecular weight excluding hydrogens is 174 g/mol. The number of carboxylic acids is 1. The van der Waals surface area contributed by atoms with Gasteiger partial charge in [0.05, 0.1) is 6.42 Å². The van der Waals surface area contributed by atoms with Crippen molar-refractivity contribution in [3.05, 3.63) is 17.0 Å². The normalized spacial score (nSPS) is 10.0. The van der Waals surface area contributed by atoms with Crippen LogP contribution in [0.25, 0.3) is 0 Å². The van der Waals surface area contributed by atoms with Crippen LogP contribution in [0.2, 0.25) is 0 Å². The summed E-state index contributed by atoms with van der Waals surface area (Å²) >= 11 is 0. The molecule has 0 aliphatic rings. The maximum absolute atomic E-state index is 10.7. The second kappa shape index (κ2) is 3.38. The number of rotatable bonds is 3. The zero-order valence-electron chi connectivity index (χ0n) is 7.33. The van der Waals surface area contributed by atoms with Gasteiger partial charge in [-0.25, -0.2) is 4.79 Å². The third-order valence-corrected chi connectivity index (χ3v) is 1.56. The lowest BCUT2D eigenvalue weighted by Gasteiger charge is -1.92. The lowest BCUT2D eigenvalue weighted by atomic mass is 10.1. The van der Waals surface area contributed by atoms with Crippen molar-refractivity contribution >= 4 is 11.8 Å². The quantitative estimate of drug-likeness (QED) is 0.750. The summed E-state index contributed by atoms with van der Waals surface area (Å²) in [5, 5.41) is 12.2. The van der Waals surface area contributed by atoms with E-state index >= 15 is 0 Å². The van der Waals surface area contributed by atoms with Crippen molar-refractivity contribution in [2.24, 2.45) is 0 Å². The Balaban J connectivity index is 3.07. The Kier molecular flexibility index (Phi) is 2.46. The van der Waals surface area contributed by atoms with Crippen LogP contribution in [0.4, 0.5) is 0 Å². The van der Waals surface area contributed by atoms with Crippen molar-refractivity contribution in [3.63, 3.8) is 0 Å². The van der Waals surface area contributed by atoms with Crippen molar-refractivity contribution in [2.45, 2.75) is 20.3 Å². The van der Waals surface area contributed by atoms with E-state index in [-0.39, 0.29) is 29.2 Å². The van der Waals surface area contributed by atoms with E-state index < -0.39 is 5.97 Å². The number of carbonyl (C=O) groups excluding carboxylic acids is 1. The van der Waals surface area contributed by atoms with Crippen molar-refractivity contribution in [2.75, 3.05) is 0 Å².